The number of anilines is 2. The molecule has 0 aliphatic heterocycles. The Labute approximate surface area is 141 Å². The van der Waals surface area contributed by atoms with Gasteiger partial charge in [-0.25, -0.2) is 0 Å². The number of nitrogens with zero attached hydrogens (tertiary/aromatic N) is 1. The number of nitro groups is 1. The van der Waals surface area contributed by atoms with Crippen LogP contribution in [0.4, 0.5) is 25.8 Å². The van der Waals surface area contributed by atoms with Crippen LogP contribution in [0.2, 0.25) is 0 Å². The minimum absolute atomic E-state index is 0.0567. The van der Waals surface area contributed by atoms with E-state index in [2.05, 4.69) is 15.4 Å². The number of aryl methyl sites for hydroxylation is 1. The van der Waals surface area contributed by atoms with Gasteiger partial charge in [0, 0.05) is 17.8 Å². The lowest BCUT2D eigenvalue weighted by Gasteiger charge is -2.15. The maximum atomic E-state index is 12.4. The van der Waals surface area contributed by atoms with E-state index in [1.54, 1.807) is 25.1 Å². The van der Waals surface area contributed by atoms with Crippen molar-refractivity contribution in [2.24, 2.45) is 0 Å². The molecule has 2 rings (SSSR count). The van der Waals surface area contributed by atoms with Crippen LogP contribution in [0.25, 0.3) is 0 Å². The molecule has 2 N–H and O–H groups in total. The van der Waals surface area contributed by atoms with E-state index in [4.69, 9.17) is 12.2 Å². The first-order valence-electron chi connectivity index (χ1n) is 6.73. The second-order valence-electron chi connectivity index (χ2n) is 4.76. The Balaban J connectivity index is 2.13. The molecule has 0 saturated carbocycles. The van der Waals surface area contributed by atoms with Crippen LogP contribution in [-0.4, -0.2) is 16.6 Å². The standard InChI is InChI=1S/C15H13F2N3O3S/c1-9-5-6-13(23-14(16)17)12(7-9)19-15(24)18-10-3-2-4-11(8-10)20(21)22/h2-8,14H,1H3,(H2,18,19,24). The number of nitro benzene ring substituents is 1. The predicted molar refractivity (Wildman–Crippen MR) is 90.8 cm³/mol. The van der Waals surface area contributed by atoms with Crippen molar-refractivity contribution < 1.29 is 18.4 Å². The number of halogens is 2. The van der Waals surface area contributed by atoms with Gasteiger partial charge in [-0.1, -0.05) is 12.1 Å². The highest BCUT2D eigenvalue weighted by Gasteiger charge is 2.12. The Morgan fingerprint density at radius 3 is 2.67 bits per heavy atom. The van der Waals surface area contributed by atoms with Gasteiger partial charge in [0.2, 0.25) is 0 Å². The summed E-state index contributed by atoms with van der Waals surface area (Å²) in [7, 11) is 0. The number of benzene rings is 2. The van der Waals surface area contributed by atoms with E-state index in [9.17, 15) is 18.9 Å². The summed E-state index contributed by atoms with van der Waals surface area (Å²) in [5, 5.41) is 16.3. The molecule has 0 bridgehead atoms. The highest BCUT2D eigenvalue weighted by atomic mass is 32.1. The largest absolute Gasteiger partial charge is 0.433 e. The van der Waals surface area contributed by atoms with Crippen LogP contribution < -0.4 is 15.4 Å². The van der Waals surface area contributed by atoms with E-state index in [-0.39, 0.29) is 22.2 Å². The van der Waals surface area contributed by atoms with Crippen LogP contribution in [0.15, 0.2) is 42.5 Å². The Morgan fingerprint density at radius 1 is 1.25 bits per heavy atom. The van der Waals surface area contributed by atoms with Crippen LogP contribution in [0, 0.1) is 17.0 Å². The Morgan fingerprint density at radius 2 is 2.00 bits per heavy atom. The first kappa shape index (κ1) is 17.5. The van der Waals surface area contributed by atoms with Crippen LogP contribution in [0.1, 0.15) is 5.56 Å². The molecule has 2 aromatic carbocycles. The molecule has 0 aromatic heterocycles. The molecular weight excluding hydrogens is 340 g/mol. The van der Waals surface area contributed by atoms with Crippen LogP contribution in [0.5, 0.6) is 5.75 Å². The van der Waals surface area contributed by atoms with E-state index >= 15 is 0 Å². The van der Waals surface area contributed by atoms with Crippen molar-refractivity contribution in [3.8, 4) is 5.75 Å². The van der Waals surface area contributed by atoms with Crippen molar-refractivity contribution in [3.05, 3.63) is 58.1 Å². The Bertz CT molecular complexity index is 771. The maximum absolute atomic E-state index is 12.4. The summed E-state index contributed by atoms with van der Waals surface area (Å²) in [5.74, 6) is -0.0567. The summed E-state index contributed by atoms with van der Waals surface area (Å²) in [6.45, 7) is -1.18. The molecular formula is C15H13F2N3O3S. The first-order valence-corrected chi connectivity index (χ1v) is 7.14. The summed E-state index contributed by atoms with van der Waals surface area (Å²) in [4.78, 5) is 10.2. The van der Waals surface area contributed by atoms with Gasteiger partial charge in [-0.15, -0.1) is 0 Å². The zero-order valence-corrected chi connectivity index (χ0v) is 13.3. The van der Waals surface area contributed by atoms with Gasteiger partial charge in [0.05, 0.1) is 10.6 Å². The topological polar surface area (TPSA) is 76.4 Å². The third kappa shape index (κ3) is 4.85. The molecule has 9 heteroatoms. The van der Waals surface area contributed by atoms with Crippen molar-refractivity contribution in [3.63, 3.8) is 0 Å². The van der Waals surface area contributed by atoms with Crippen LogP contribution >= 0.6 is 12.2 Å². The summed E-state index contributed by atoms with van der Waals surface area (Å²) in [5.41, 5.74) is 1.38. The van der Waals surface area contributed by atoms with Gasteiger partial charge < -0.3 is 15.4 Å². The van der Waals surface area contributed by atoms with Crippen molar-refractivity contribution >= 4 is 34.4 Å². The third-order valence-electron chi connectivity index (χ3n) is 2.91. The lowest BCUT2D eigenvalue weighted by Crippen LogP contribution is -2.20. The normalized spacial score (nSPS) is 10.3. The van der Waals surface area contributed by atoms with Gasteiger partial charge in [-0.3, -0.25) is 10.1 Å². The van der Waals surface area contributed by atoms with Crippen LogP contribution in [0.3, 0.4) is 0 Å². The second kappa shape index (κ2) is 7.64. The number of nitrogens with one attached hydrogen (secondary N) is 2. The maximum Gasteiger partial charge on any atom is 0.387 e. The molecule has 0 radical (unpaired) electrons. The van der Waals surface area contributed by atoms with Crippen molar-refractivity contribution in [2.45, 2.75) is 13.5 Å². The molecule has 24 heavy (non-hydrogen) atoms. The number of non-ortho nitro benzene ring substituents is 1. The van der Waals surface area contributed by atoms with Gasteiger partial charge in [0.1, 0.15) is 5.75 Å². The number of thiocarbonyl (C=S) groups is 1. The molecule has 0 amide bonds. The molecule has 0 unspecified atom stereocenters. The number of rotatable bonds is 5. The van der Waals surface area contributed by atoms with E-state index in [0.717, 1.165) is 5.56 Å². The summed E-state index contributed by atoms with van der Waals surface area (Å²) >= 11 is 5.11. The number of ether oxygens (including phenoxy) is 1. The average Bonchev–Trinajstić information content (AvgIpc) is 2.49. The van der Waals surface area contributed by atoms with E-state index < -0.39 is 11.5 Å². The van der Waals surface area contributed by atoms with Crippen LogP contribution in [-0.2, 0) is 0 Å². The summed E-state index contributed by atoms with van der Waals surface area (Å²) in [6, 6.07) is 10.4. The van der Waals surface area contributed by atoms with Gasteiger partial charge >= 0.3 is 6.61 Å². The molecule has 126 valence electrons. The quantitative estimate of drug-likeness (QED) is 0.474. The highest BCUT2D eigenvalue weighted by molar-refractivity contribution is 7.80. The molecule has 0 heterocycles. The van der Waals surface area contributed by atoms with Gasteiger partial charge in [-0.05, 0) is 42.9 Å². The van der Waals surface area contributed by atoms with Gasteiger partial charge in [0.25, 0.3) is 5.69 Å². The van der Waals surface area contributed by atoms with E-state index in [1.165, 1.54) is 24.3 Å². The SMILES string of the molecule is Cc1ccc(OC(F)F)c(NC(=S)Nc2cccc([N+](=O)[O-])c2)c1. The fraction of sp³-hybridized carbons (Fsp3) is 0.133. The number of hydrogen-bond donors (Lipinski definition) is 2. The average molecular weight is 353 g/mol. The predicted octanol–water partition coefficient (Wildman–Crippen LogP) is 4.31. The van der Waals surface area contributed by atoms with Gasteiger partial charge in [0.15, 0.2) is 5.11 Å². The fourth-order valence-corrected chi connectivity index (χ4v) is 2.15. The Kier molecular flexibility index (Phi) is 5.59. The Hall–Kier alpha value is -2.81. The fourth-order valence-electron chi connectivity index (χ4n) is 1.92. The first-order chi connectivity index (χ1) is 11.3. The molecule has 0 spiro atoms. The second-order valence-corrected chi connectivity index (χ2v) is 5.17. The minimum Gasteiger partial charge on any atom is -0.433 e. The lowest BCUT2D eigenvalue weighted by molar-refractivity contribution is -0.384. The molecule has 2 aromatic rings. The molecule has 0 fully saturated rings. The monoisotopic (exact) mass is 353 g/mol. The van der Waals surface area contributed by atoms with Crippen molar-refractivity contribution in [2.75, 3.05) is 10.6 Å². The van der Waals surface area contributed by atoms with E-state index in [1.807, 2.05) is 0 Å². The minimum atomic E-state index is -2.97. The number of alkyl halides is 2. The zero-order valence-electron chi connectivity index (χ0n) is 12.5. The smallest absolute Gasteiger partial charge is 0.387 e. The summed E-state index contributed by atoms with van der Waals surface area (Å²) < 4.78 is 29.3. The van der Waals surface area contributed by atoms with Crippen molar-refractivity contribution in [1.29, 1.82) is 0 Å². The molecule has 0 atom stereocenters. The molecule has 6 nitrogen and oxygen atoms in total. The molecule has 0 aliphatic carbocycles. The third-order valence-corrected chi connectivity index (χ3v) is 3.12. The highest BCUT2D eigenvalue weighted by Crippen LogP contribution is 2.27. The van der Waals surface area contributed by atoms with Gasteiger partial charge in [-0.2, -0.15) is 8.78 Å². The summed E-state index contributed by atoms with van der Waals surface area (Å²) in [6.07, 6.45) is 0. The van der Waals surface area contributed by atoms with E-state index in [0.29, 0.717) is 5.69 Å². The molecule has 0 aliphatic rings. The lowest BCUT2D eigenvalue weighted by atomic mass is 10.2. The van der Waals surface area contributed by atoms with Crippen molar-refractivity contribution in [1.82, 2.24) is 0 Å². The molecule has 0 saturated heterocycles. The zero-order chi connectivity index (χ0) is 17.7. The number of hydrogen-bond acceptors (Lipinski definition) is 4.